The number of carboxylic acids is 1. The first-order chi connectivity index (χ1) is 10.8. The Balaban J connectivity index is 2.01. The molecule has 1 aromatic carbocycles. The molecule has 3 atom stereocenters. The Hall–Kier alpha value is -2.14. The lowest BCUT2D eigenvalue weighted by Gasteiger charge is -2.46. The average Bonchev–Trinajstić information content (AvgIpc) is 2.51. The summed E-state index contributed by atoms with van der Waals surface area (Å²) in [5.74, 6) is -0.678. The second-order valence-electron chi connectivity index (χ2n) is 6.80. The van der Waals surface area contributed by atoms with Crippen molar-refractivity contribution in [3.05, 3.63) is 36.0 Å². The van der Waals surface area contributed by atoms with Crippen molar-refractivity contribution in [2.24, 2.45) is 11.8 Å². The van der Waals surface area contributed by atoms with Crippen molar-refractivity contribution in [1.82, 2.24) is 4.98 Å². The predicted molar refractivity (Wildman–Crippen MR) is 89.9 cm³/mol. The quantitative estimate of drug-likeness (QED) is 0.891. The molecule has 1 fully saturated rings. The molecule has 0 radical (unpaired) electrons. The fourth-order valence-electron chi connectivity index (χ4n) is 3.32. The van der Waals surface area contributed by atoms with Crippen LogP contribution in [0.25, 0.3) is 10.9 Å². The van der Waals surface area contributed by atoms with E-state index in [1.54, 1.807) is 0 Å². The largest absolute Gasteiger partial charge is 0.478 e. The molecule has 1 aliphatic heterocycles. The van der Waals surface area contributed by atoms with Crippen LogP contribution in [-0.4, -0.2) is 39.9 Å². The van der Waals surface area contributed by atoms with Gasteiger partial charge in [0.05, 0.1) is 16.7 Å². The van der Waals surface area contributed by atoms with E-state index in [0.717, 1.165) is 18.8 Å². The molecule has 2 heterocycles. The fraction of sp³-hybridized carbons (Fsp3) is 0.444. The molecule has 3 rings (SSSR count). The summed E-state index contributed by atoms with van der Waals surface area (Å²) in [6.07, 6.45) is 1.52. The van der Waals surface area contributed by atoms with Crippen molar-refractivity contribution in [3.8, 4) is 0 Å². The van der Waals surface area contributed by atoms with Gasteiger partial charge in [-0.3, -0.25) is 4.98 Å². The van der Waals surface area contributed by atoms with E-state index in [-0.39, 0.29) is 17.4 Å². The maximum absolute atomic E-state index is 11.4. The van der Waals surface area contributed by atoms with Crippen molar-refractivity contribution in [2.75, 3.05) is 18.0 Å². The summed E-state index contributed by atoms with van der Waals surface area (Å²) < 4.78 is 0. The number of hydrogen-bond donors (Lipinski definition) is 2. The second-order valence-corrected chi connectivity index (χ2v) is 6.80. The minimum Gasteiger partial charge on any atom is -0.478 e. The van der Waals surface area contributed by atoms with Crippen molar-refractivity contribution in [1.29, 1.82) is 0 Å². The molecule has 5 nitrogen and oxygen atoms in total. The van der Waals surface area contributed by atoms with E-state index in [9.17, 15) is 15.0 Å². The zero-order valence-corrected chi connectivity index (χ0v) is 13.7. The van der Waals surface area contributed by atoms with Crippen LogP contribution < -0.4 is 4.90 Å². The predicted octanol–water partition coefficient (Wildman–Crippen LogP) is 2.78. The first kappa shape index (κ1) is 15.7. The summed E-state index contributed by atoms with van der Waals surface area (Å²) in [5, 5.41) is 20.6. The molecule has 0 saturated carbocycles. The molecular weight excluding hydrogens is 292 g/mol. The zero-order valence-electron chi connectivity index (χ0n) is 13.7. The van der Waals surface area contributed by atoms with E-state index >= 15 is 0 Å². The Morgan fingerprint density at radius 1 is 1.26 bits per heavy atom. The third-order valence-corrected chi connectivity index (χ3v) is 5.30. The van der Waals surface area contributed by atoms with Gasteiger partial charge in [0.2, 0.25) is 0 Å². The van der Waals surface area contributed by atoms with Crippen molar-refractivity contribution < 1.29 is 15.0 Å². The number of pyridine rings is 1. The summed E-state index contributed by atoms with van der Waals surface area (Å²) in [6, 6.07) is 7.26. The number of benzene rings is 1. The van der Waals surface area contributed by atoms with Gasteiger partial charge in [-0.05, 0) is 31.2 Å². The standard InChI is InChI=1S/C18H22N2O3/c1-11-9-20(10-12(2)18(11,3)23)13-4-5-16-15(8-13)14(17(21)22)6-7-19-16/h4-8,11-12,23H,9-10H2,1-3H3,(H,21,22)/t11-,12+,18-. The highest BCUT2D eigenvalue weighted by atomic mass is 16.4. The summed E-state index contributed by atoms with van der Waals surface area (Å²) >= 11 is 0. The summed E-state index contributed by atoms with van der Waals surface area (Å²) in [5.41, 5.74) is 1.24. The highest BCUT2D eigenvalue weighted by molar-refractivity contribution is 6.03. The van der Waals surface area contributed by atoms with Gasteiger partial charge in [-0.2, -0.15) is 0 Å². The topological polar surface area (TPSA) is 73.7 Å². The fourth-order valence-corrected chi connectivity index (χ4v) is 3.32. The van der Waals surface area contributed by atoms with E-state index in [1.165, 1.54) is 12.3 Å². The first-order valence-electron chi connectivity index (χ1n) is 7.90. The van der Waals surface area contributed by atoms with Gasteiger partial charge in [-0.1, -0.05) is 13.8 Å². The van der Waals surface area contributed by atoms with Crippen LogP contribution in [0, 0.1) is 11.8 Å². The zero-order chi connectivity index (χ0) is 16.8. The van der Waals surface area contributed by atoms with E-state index in [1.807, 2.05) is 39.0 Å². The van der Waals surface area contributed by atoms with Gasteiger partial charge in [-0.25, -0.2) is 4.79 Å². The maximum Gasteiger partial charge on any atom is 0.336 e. The molecule has 2 N–H and O–H groups in total. The van der Waals surface area contributed by atoms with Crippen LogP contribution in [0.2, 0.25) is 0 Å². The number of hydrogen-bond acceptors (Lipinski definition) is 4. The Labute approximate surface area is 135 Å². The monoisotopic (exact) mass is 314 g/mol. The van der Waals surface area contributed by atoms with Crippen molar-refractivity contribution in [2.45, 2.75) is 26.4 Å². The SMILES string of the molecule is C[C@@H]1CN(c2ccc3nccc(C(=O)O)c3c2)C[C@H](C)[C@]1(C)O. The summed E-state index contributed by atoms with van der Waals surface area (Å²) in [6.45, 7) is 7.48. The number of piperidine rings is 1. The van der Waals surface area contributed by atoms with Gasteiger partial charge in [0.15, 0.2) is 0 Å². The summed E-state index contributed by atoms with van der Waals surface area (Å²) in [4.78, 5) is 17.9. The number of carbonyl (C=O) groups is 1. The number of fused-ring (bicyclic) bond motifs is 1. The normalized spacial score (nSPS) is 28.1. The number of aromatic nitrogens is 1. The number of aliphatic hydroxyl groups is 1. The van der Waals surface area contributed by atoms with Crippen LogP contribution in [0.3, 0.4) is 0 Å². The molecule has 1 aromatic heterocycles. The second kappa shape index (κ2) is 5.49. The minimum atomic E-state index is -0.946. The van der Waals surface area contributed by atoms with E-state index in [4.69, 9.17) is 0 Å². The van der Waals surface area contributed by atoms with Crippen LogP contribution in [0.15, 0.2) is 30.5 Å². The van der Waals surface area contributed by atoms with E-state index in [2.05, 4.69) is 9.88 Å². The molecule has 0 unspecified atom stereocenters. The Morgan fingerprint density at radius 2 is 1.91 bits per heavy atom. The highest BCUT2D eigenvalue weighted by Gasteiger charge is 2.40. The number of carboxylic acid groups (broad SMARTS) is 1. The number of aromatic carboxylic acids is 1. The Bertz CT molecular complexity index is 743. The van der Waals surface area contributed by atoms with Gasteiger partial charge in [-0.15, -0.1) is 0 Å². The molecule has 0 bridgehead atoms. The van der Waals surface area contributed by atoms with Crippen LogP contribution in [-0.2, 0) is 0 Å². The van der Waals surface area contributed by atoms with Crippen LogP contribution in [0.5, 0.6) is 0 Å². The molecule has 5 heteroatoms. The number of anilines is 1. The van der Waals surface area contributed by atoms with Crippen molar-refractivity contribution in [3.63, 3.8) is 0 Å². The highest BCUT2D eigenvalue weighted by Crippen LogP contribution is 2.35. The molecule has 0 amide bonds. The van der Waals surface area contributed by atoms with Crippen LogP contribution in [0.4, 0.5) is 5.69 Å². The minimum absolute atomic E-state index is 0.134. The van der Waals surface area contributed by atoms with E-state index in [0.29, 0.717) is 10.9 Å². The lowest BCUT2D eigenvalue weighted by Crippen LogP contribution is -2.54. The Kier molecular flexibility index (Phi) is 3.76. The van der Waals surface area contributed by atoms with Gasteiger partial charge in [0, 0.05) is 42.2 Å². The average molecular weight is 314 g/mol. The van der Waals surface area contributed by atoms with Gasteiger partial charge < -0.3 is 15.1 Å². The lowest BCUT2D eigenvalue weighted by molar-refractivity contribution is -0.0503. The molecule has 0 aliphatic carbocycles. The van der Waals surface area contributed by atoms with Crippen molar-refractivity contribution >= 4 is 22.6 Å². The molecule has 0 spiro atoms. The van der Waals surface area contributed by atoms with Gasteiger partial charge >= 0.3 is 5.97 Å². The molecule has 2 aromatic rings. The Morgan fingerprint density at radius 3 is 2.52 bits per heavy atom. The third kappa shape index (κ3) is 2.65. The molecule has 1 aliphatic rings. The third-order valence-electron chi connectivity index (χ3n) is 5.30. The summed E-state index contributed by atoms with van der Waals surface area (Å²) in [7, 11) is 0. The number of rotatable bonds is 2. The molecule has 122 valence electrons. The van der Waals surface area contributed by atoms with Crippen LogP contribution in [0.1, 0.15) is 31.1 Å². The molecule has 23 heavy (non-hydrogen) atoms. The van der Waals surface area contributed by atoms with Gasteiger partial charge in [0.25, 0.3) is 0 Å². The lowest BCUT2D eigenvalue weighted by atomic mass is 9.76. The van der Waals surface area contributed by atoms with Crippen LogP contribution >= 0.6 is 0 Å². The molecular formula is C18H22N2O3. The smallest absolute Gasteiger partial charge is 0.336 e. The first-order valence-corrected chi connectivity index (χ1v) is 7.90. The molecule has 1 saturated heterocycles. The van der Waals surface area contributed by atoms with Gasteiger partial charge in [0.1, 0.15) is 0 Å². The van der Waals surface area contributed by atoms with E-state index < -0.39 is 11.6 Å². The number of nitrogens with zero attached hydrogens (tertiary/aromatic N) is 2. The maximum atomic E-state index is 11.4.